The van der Waals surface area contributed by atoms with Gasteiger partial charge in [0.1, 0.15) is 11.7 Å². The maximum absolute atomic E-state index is 12.9. The molecule has 3 aliphatic rings. The van der Waals surface area contributed by atoms with Crippen LogP contribution in [0.15, 0.2) is 80.6 Å². The van der Waals surface area contributed by atoms with Crippen LogP contribution in [0.25, 0.3) is 0 Å². The quantitative estimate of drug-likeness (QED) is 0.290. The van der Waals surface area contributed by atoms with Gasteiger partial charge in [0.05, 0.1) is 18.3 Å². The van der Waals surface area contributed by atoms with Crippen LogP contribution < -0.4 is 5.32 Å². The van der Waals surface area contributed by atoms with Crippen LogP contribution in [0.5, 0.6) is 0 Å². The van der Waals surface area contributed by atoms with Gasteiger partial charge in [0.2, 0.25) is 12.3 Å². The number of amidine groups is 1. The molecule has 5 nitrogen and oxygen atoms in total. The zero-order valence-corrected chi connectivity index (χ0v) is 25.2. The molecule has 1 unspecified atom stereocenters. The van der Waals surface area contributed by atoms with Crippen LogP contribution in [-0.4, -0.2) is 55.0 Å². The van der Waals surface area contributed by atoms with Crippen molar-refractivity contribution in [3.8, 4) is 0 Å². The minimum atomic E-state index is -2.39. The predicted octanol–water partition coefficient (Wildman–Crippen LogP) is 7.97. The van der Waals surface area contributed by atoms with Crippen LogP contribution in [0.4, 0.5) is 13.2 Å². The fraction of sp³-hybridized carbons (Fsp3) is 0.452. The molecule has 10 heteroatoms. The van der Waals surface area contributed by atoms with Crippen molar-refractivity contribution in [2.24, 2.45) is 15.9 Å². The van der Waals surface area contributed by atoms with Crippen molar-refractivity contribution in [1.82, 2.24) is 10.2 Å². The molecule has 1 atom stereocenters. The number of aliphatic imine (C=N–C) groups is 2. The number of halogens is 4. The summed E-state index contributed by atoms with van der Waals surface area (Å²) in [5.41, 5.74) is 2.62. The SMILES string of the molecule is C=C(S/C=C\C)C1=NCC(C(/C=C\CC(F)F)=NC)=C2CC(NC(=O)C3CCCCC3)CN12.Fc1cccc(Cl)c1. The van der Waals surface area contributed by atoms with Crippen molar-refractivity contribution in [3.63, 3.8) is 0 Å². The lowest BCUT2D eigenvalue weighted by molar-refractivity contribution is -0.126. The second kappa shape index (κ2) is 16.6. The minimum absolute atomic E-state index is 0.0320. The maximum atomic E-state index is 12.9. The lowest BCUT2D eigenvalue weighted by atomic mass is 9.88. The molecular weight excluding hydrogens is 569 g/mol. The van der Waals surface area contributed by atoms with E-state index < -0.39 is 6.43 Å². The Morgan fingerprint density at radius 3 is 2.68 bits per heavy atom. The normalized spacial score (nSPS) is 19.9. The summed E-state index contributed by atoms with van der Waals surface area (Å²) < 4.78 is 37.3. The molecular formula is C31H38ClF3N4OS. The van der Waals surface area contributed by atoms with E-state index in [-0.39, 0.29) is 30.1 Å². The van der Waals surface area contributed by atoms with Gasteiger partial charge in [0.15, 0.2) is 0 Å². The highest BCUT2D eigenvalue weighted by Gasteiger charge is 2.37. The summed E-state index contributed by atoms with van der Waals surface area (Å²) in [6, 6.07) is 5.78. The molecule has 41 heavy (non-hydrogen) atoms. The van der Waals surface area contributed by atoms with Crippen LogP contribution >= 0.6 is 23.4 Å². The zero-order chi connectivity index (χ0) is 29.8. The van der Waals surface area contributed by atoms with Gasteiger partial charge in [-0.05, 0) is 49.4 Å². The Bertz CT molecular complexity index is 1200. The Labute approximate surface area is 250 Å². The smallest absolute Gasteiger partial charge is 0.242 e. The highest BCUT2D eigenvalue weighted by molar-refractivity contribution is 8.06. The molecule has 1 saturated heterocycles. The number of nitrogens with zero attached hydrogens (tertiary/aromatic N) is 3. The van der Waals surface area contributed by atoms with Gasteiger partial charge in [0.25, 0.3) is 0 Å². The van der Waals surface area contributed by atoms with Crippen molar-refractivity contribution in [2.45, 2.75) is 64.3 Å². The van der Waals surface area contributed by atoms with Gasteiger partial charge in [-0.25, -0.2) is 13.2 Å². The van der Waals surface area contributed by atoms with E-state index in [9.17, 15) is 18.0 Å². The average molecular weight is 607 g/mol. The lowest BCUT2D eigenvalue weighted by Crippen LogP contribution is -2.42. The first-order chi connectivity index (χ1) is 19.7. The molecule has 4 rings (SSSR count). The summed E-state index contributed by atoms with van der Waals surface area (Å²) in [7, 11) is 1.66. The highest BCUT2D eigenvalue weighted by atomic mass is 35.5. The summed E-state index contributed by atoms with van der Waals surface area (Å²) in [6.07, 6.45) is 8.40. The monoisotopic (exact) mass is 606 g/mol. The van der Waals surface area contributed by atoms with E-state index in [4.69, 9.17) is 16.6 Å². The minimum Gasteiger partial charge on any atom is -0.351 e. The first kappa shape index (κ1) is 32.7. The van der Waals surface area contributed by atoms with Crippen LogP contribution in [0.2, 0.25) is 5.02 Å². The number of carbonyl (C=O) groups is 1. The summed E-state index contributed by atoms with van der Waals surface area (Å²) in [4.78, 5) is 25.0. The molecule has 2 fully saturated rings. The van der Waals surface area contributed by atoms with Crippen LogP contribution in [0, 0.1) is 11.7 Å². The fourth-order valence-corrected chi connectivity index (χ4v) is 5.83. The molecule has 222 valence electrons. The van der Waals surface area contributed by atoms with E-state index in [1.165, 1.54) is 36.4 Å². The van der Waals surface area contributed by atoms with Crippen molar-refractivity contribution >= 4 is 40.8 Å². The summed E-state index contributed by atoms with van der Waals surface area (Å²) >= 11 is 6.92. The van der Waals surface area contributed by atoms with Crippen molar-refractivity contribution in [1.29, 1.82) is 0 Å². The Kier molecular flexibility index (Phi) is 13.3. The van der Waals surface area contributed by atoms with Gasteiger partial charge in [-0.2, -0.15) is 0 Å². The molecule has 0 aromatic heterocycles. The van der Waals surface area contributed by atoms with Crippen molar-refractivity contribution in [3.05, 3.63) is 81.5 Å². The Hall–Kier alpha value is -2.78. The van der Waals surface area contributed by atoms with Crippen molar-refractivity contribution < 1.29 is 18.0 Å². The number of amides is 1. The molecule has 1 aliphatic carbocycles. The Morgan fingerprint density at radius 2 is 2.07 bits per heavy atom. The topological polar surface area (TPSA) is 57.1 Å². The number of rotatable bonds is 9. The third-order valence-electron chi connectivity index (χ3n) is 7.00. The second-order valence-electron chi connectivity index (χ2n) is 10.0. The fourth-order valence-electron chi connectivity index (χ4n) is 5.07. The summed E-state index contributed by atoms with van der Waals surface area (Å²) in [5, 5.41) is 5.67. The largest absolute Gasteiger partial charge is 0.351 e. The number of thioether (sulfide) groups is 1. The van der Waals surface area contributed by atoms with Gasteiger partial charge in [0, 0.05) is 53.5 Å². The van der Waals surface area contributed by atoms with E-state index in [0.717, 1.165) is 47.7 Å². The summed E-state index contributed by atoms with van der Waals surface area (Å²) in [5.74, 6) is 0.752. The van der Waals surface area contributed by atoms with Gasteiger partial charge < -0.3 is 10.2 Å². The van der Waals surface area contributed by atoms with Gasteiger partial charge >= 0.3 is 0 Å². The number of allylic oxidation sites excluding steroid dienone is 3. The number of fused-ring (bicyclic) bond motifs is 1. The van der Waals surface area contributed by atoms with E-state index in [1.54, 1.807) is 25.3 Å². The maximum Gasteiger partial charge on any atom is 0.242 e. The van der Waals surface area contributed by atoms with Gasteiger partial charge in [-0.15, -0.1) is 0 Å². The molecule has 1 saturated carbocycles. The molecule has 1 aromatic carbocycles. The zero-order valence-electron chi connectivity index (χ0n) is 23.6. The molecule has 1 aromatic rings. The van der Waals surface area contributed by atoms with Crippen LogP contribution in [0.1, 0.15) is 51.9 Å². The van der Waals surface area contributed by atoms with Gasteiger partial charge in [-0.3, -0.25) is 14.8 Å². The van der Waals surface area contributed by atoms with Crippen molar-refractivity contribution in [2.75, 3.05) is 20.1 Å². The Morgan fingerprint density at radius 1 is 1.32 bits per heavy atom. The first-order valence-corrected chi connectivity index (χ1v) is 15.1. The molecule has 2 heterocycles. The molecule has 1 amide bonds. The Balaban J connectivity index is 0.000000496. The molecule has 1 N–H and O–H groups in total. The van der Waals surface area contributed by atoms with E-state index in [1.807, 2.05) is 18.4 Å². The lowest BCUT2D eigenvalue weighted by Gasteiger charge is -2.29. The van der Waals surface area contributed by atoms with E-state index in [2.05, 4.69) is 21.8 Å². The molecule has 0 radical (unpaired) electrons. The number of nitrogens with one attached hydrogen (secondary N) is 1. The van der Waals surface area contributed by atoms with Crippen LogP contribution in [-0.2, 0) is 4.79 Å². The standard InChI is InChI=1S/C25H34F2N4OS.C6H4ClF/c1-4-13-33-17(2)24-29-15-20(21(28-3)11-8-12-23(26)27)22-14-19(16-31(22)24)30-25(32)18-9-6-5-7-10-18;7-5-2-1-3-6(8)4-5/h4,8,11,13,18-19,23H,2,5-7,9-10,12,14-16H2,1,3H3,(H,30,32);1-4H/b11-8-,13-4-,28-21?;. The second-order valence-corrected chi connectivity index (χ2v) is 11.4. The number of alkyl halides is 2. The highest BCUT2D eigenvalue weighted by Crippen LogP contribution is 2.34. The van der Waals surface area contributed by atoms with Gasteiger partial charge in [-0.1, -0.05) is 67.4 Å². The average Bonchev–Trinajstić information content (AvgIpc) is 3.38. The molecule has 2 aliphatic heterocycles. The van der Waals surface area contributed by atoms with E-state index >= 15 is 0 Å². The number of carbonyl (C=O) groups excluding carboxylic acids is 1. The third kappa shape index (κ3) is 9.92. The number of hydrogen-bond acceptors (Lipinski definition) is 5. The first-order valence-electron chi connectivity index (χ1n) is 13.9. The summed E-state index contributed by atoms with van der Waals surface area (Å²) in [6.45, 7) is 7.17. The molecule has 0 bridgehead atoms. The number of hydrogen-bond donors (Lipinski definition) is 1. The van der Waals surface area contributed by atoms with Crippen LogP contribution in [0.3, 0.4) is 0 Å². The number of benzene rings is 1. The van der Waals surface area contributed by atoms with E-state index in [0.29, 0.717) is 30.2 Å². The molecule has 0 spiro atoms. The predicted molar refractivity (Wildman–Crippen MR) is 165 cm³/mol. The third-order valence-corrected chi connectivity index (χ3v) is 8.11.